The molecule has 1 rings (SSSR count). The highest BCUT2D eigenvalue weighted by atomic mass is 15.1. The molecule has 0 aromatic heterocycles. The lowest BCUT2D eigenvalue weighted by Gasteiger charge is -2.19. The molecular weight excluding hydrogens is 196 g/mol. The van der Waals surface area contributed by atoms with E-state index in [9.17, 15) is 0 Å². The molecule has 0 spiro atoms. The zero-order valence-electron chi connectivity index (χ0n) is 10.7. The third-order valence-electron chi connectivity index (χ3n) is 3.29. The van der Waals surface area contributed by atoms with E-state index in [1.807, 2.05) is 0 Å². The van der Waals surface area contributed by atoms with E-state index in [-0.39, 0.29) is 0 Å². The van der Waals surface area contributed by atoms with Gasteiger partial charge in [-0.3, -0.25) is 0 Å². The fourth-order valence-corrected chi connectivity index (χ4v) is 2.40. The van der Waals surface area contributed by atoms with Crippen molar-refractivity contribution in [3.05, 3.63) is 0 Å². The Morgan fingerprint density at radius 1 is 1.38 bits per heavy atom. The average Bonchev–Trinajstić information content (AvgIpc) is 2.51. The standard InChI is InChI=1S/C14H26N2/c1-3-5-6-10-15-14-8-7-12-16(11-4-2)13-9-14/h1,14-15H,4-13H2,2H3. The number of hydrogen-bond acceptors (Lipinski definition) is 2. The number of terminal acetylenes is 1. The van der Waals surface area contributed by atoms with Gasteiger partial charge in [-0.05, 0) is 58.3 Å². The van der Waals surface area contributed by atoms with Crippen LogP contribution in [0.4, 0.5) is 0 Å². The summed E-state index contributed by atoms with van der Waals surface area (Å²) < 4.78 is 0. The highest BCUT2D eigenvalue weighted by molar-refractivity contribution is 4.83. The number of nitrogens with zero attached hydrogens (tertiary/aromatic N) is 1. The summed E-state index contributed by atoms with van der Waals surface area (Å²) in [6.07, 6.45) is 12.5. The van der Waals surface area contributed by atoms with Crippen LogP contribution in [-0.2, 0) is 0 Å². The maximum Gasteiger partial charge on any atom is 0.00981 e. The predicted molar refractivity (Wildman–Crippen MR) is 70.4 cm³/mol. The molecular formula is C14H26N2. The van der Waals surface area contributed by atoms with E-state index in [2.05, 4.69) is 23.1 Å². The van der Waals surface area contributed by atoms with Crippen LogP contribution in [0, 0.1) is 12.3 Å². The molecule has 1 unspecified atom stereocenters. The number of rotatable bonds is 6. The summed E-state index contributed by atoms with van der Waals surface area (Å²) in [4.78, 5) is 2.60. The van der Waals surface area contributed by atoms with Crippen LogP contribution in [0.5, 0.6) is 0 Å². The highest BCUT2D eigenvalue weighted by Crippen LogP contribution is 2.11. The Labute approximate surface area is 101 Å². The molecule has 92 valence electrons. The average molecular weight is 222 g/mol. The van der Waals surface area contributed by atoms with E-state index < -0.39 is 0 Å². The van der Waals surface area contributed by atoms with E-state index in [1.54, 1.807) is 0 Å². The molecule has 1 aliphatic heterocycles. The maximum absolute atomic E-state index is 5.24. The molecule has 2 heteroatoms. The number of likely N-dealkylation sites (tertiary alicyclic amines) is 1. The van der Waals surface area contributed by atoms with Crippen LogP contribution in [0.25, 0.3) is 0 Å². The van der Waals surface area contributed by atoms with Crippen molar-refractivity contribution in [2.45, 2.75) is 51.5 Å². The smallest absolute Gasteiger partial charge is 0.00981 e. The quantitative estimate of drug-likeness (QED) is 0.548. The van der Waals surface area contributed by atoms with Gasteiger partial charge < -0.3 is 10.2 Å². The van der Waals surface area contributed by atoms with Crippen LogP contribution in [0.3, 0.4) is 0 Å². The van der Waals surface area contributed by atoms with Crippen LogP contribution in [-0.4, -0.2) is 37.1 Å². The fourth-order valence-electron chi connectivity index (χ4n) is 2.40. The van der Waals surface area contributed by atoms with Crippen LogP contribution in [0.1, 0.15) is 45.4 Å². The van der Waals surface area contributed by atoms with Gasteiger partial charge in [0.05, 0.1) is 0 Å². The van der Waals surface area contributed by atoms with E-state index in [4.69, 9.17) is 6.42 Å². The highest BCUT2D eigenvalue weighted by Gasteiger charge is 2.15. The topological polar surface area (TPSA) is 15.3 Å². The summed E-state index contributed by atoms with van der Waals surface area (Å²) in [5.41, 5.74) is 0. The third-order valence-corrected chi connectivity index (χ3v) is 3.29. The molecule has 0 aromatic carbocycles. The van der Waals surface area contributed by atoms with Crippen molar-refractivity contribution in [1.29, 1.82) is 0 Å². The Morgan fingerprint density at radius 2 is 2.25 bits per heavy atom. The Kier molecular flexibility index (Phi) is 7.29. The Morgan fingerprint density at radius 3 is 3.00 bits per heavy atom. The Bertz CT molecular complexity index is 207. The van der Waals surface area contributed by atoms with Crippen LogP contribution < -0.4 is 5.32 Å². The molecule has 0 aliphatic carbocycles. The third kappa shape index (κ3) is 5.53. The zero-order chi connectivity index (χ0) is 11.6. The van der Waals surface area contributed by atoms with Gasteiger partial charge in [0, 0.05) is 12.5 Å². The SMILES string of the molecule is C#CCCCNC1CCCN(CCC)CC1. The lowest BCUT2D eigenvalue weighted by molar-refractivity contribution is 0.282. The van der Waals surface area contributed by atoms with Gasteiger partial charge >= 0.3 is 0 Å². The van der Waals surface area contributed by atoms with E-state index in [1.165, 1.54) is 45.3 Å². The van der Waals surface area contributed by atoms with Crippen molar-refractivity contribution in [1.82, 2.24) is 10.2 Å². The normalized spacial score (nSPS) is 22.6. The summed E-state index contributed by atoms with van der Waals surface area (Å²) in [7, 11) is 0. The molecule has 1 aliphatic rings. The van der Waals surface area contributed by atoms with Crippen molar-refractivity contribution in [2.24, 2.45) is 0 Å². The number of hydrogen-bond donors (Lipinski definition) is 1. The second-order valence-electron chi connectivity index (χ2n) is 4.73. The van der Waals surface area contributed by atoms with Gasteiger partial charge in [0.1, 0.15) is 0 Å². The number of nitrogens with one attached hydrogen (secondary N) is 1. The largest absolute Gasteiger partial charge is 0.314 e. The second kappa shape index (κ2) is 8.61. The minimum absolute atomic E-state index is 0.722. The fraction of sp³-hybridized carbons (Fsp3) is 0.857. The Balaban J connectivity index is 2.12. The minimum atomic E-state index is 0.722. The molecule has 0 amide bonds. The van der Waals surface area contributed by atoms with E-state index in [0.717, 1.165) is 25.4 Å². The summed E-state index contributed by atoms with van der Waals surface area (Å²) in [5.74, 6) is 2.69. The summed E-state index contributed by atoms with van der Waals surface area (Å²) in [6.45, 7) is 7.17. The van der Waals surface area contributed by atoms with E-state index in [0.29, 0.717) is 0 Å². The van der Waals surface area contributed by atoms with Gasteiger partial charge in [-0.25, -0.2) is 0 Å². The molecule has 16 heavy (non-hydrogen) atoms. The van der Waals surface area contributed by atoms with Crippen molar-refractivity contribution in [3.8, 4) is 12.3 Å². The molecule has 0 aromatic rings. The summed E-state index contributed by atoms with van der Waals surface area (Å²) in [5, 5.41) is 3.64. The summed E-state index contributed by atoms with van der Waals surface area (Å²) in [6, 6.07) is 0.722. The molecule has 1 heterocycles. The molecule has 0 bridgehead atoms. The van der Waals surface area contributed by atoms with Crippen molar-refractivity contribution < 1.29 is 0 Å². The first kappa shape index (κ1) is 13.5. The minimum Gasteiger partial charge on any atom is -0.314 e. The molecule has 1 atom stereocenters. The van der Waals surface area contributed by atoms with Crippen LogP contribution in [0.2, 0.25) is 0 Å². The van der Waals surface area contributed by atoms with Gasteiger partial charge in [-0.15, -0.1) is 12.3 Å². The second-order valence-corrected chi connectivity index (χ2v) is 4.73. The van der Waals surface area contributed by atoms with Gasteiger partial charge in [-0.2, -0.15) is 0 Å². The van der Waals surface area contributed by atoms with Gasteiger partial charge in [-0.1, -0.05) is 6.92 Å². The van der Waals surface area contributed by atoms with E-state index >= 15 is 0 Å². The summed E-state index contributed by atoms with van der Waals surface area (Å²) >= 11 is 0. The Hall–Kier alpha value is -0.520. The van der Waals surface area contributed by atoms with Crippen molar-refractivity contribution in [2.75, 3.05) is 26.2 Å². The predicted octanol–water partition coefficient (Wildman–Crippen LogP) is 2.25. The monoisotopic (exact) mass is 222 g/mol. The van der Waals surface area contributed by atoms with Gasteiger partial charge in [0.15, 0.2) is 0 Å². The first-order chi connectivity index (χ1) is 7.86. The molecule has 1 saturated heterocycles. The molecule has 1 fully saturated rings. The molecule has 0 radical (unpaired) electrons. The zero-order valence-corrected chi connectivity index (χ0v) is 10.7. The lowest BCUT2D eigenvalue weighted by atomic mass is 10.1. The van der Waals surface area contributed by atoms with Gasteiger partial charge in [0.2, 0.25) is 0 Å². The maximum atomic E-state index is 5.24. The number of unbranched alkanes of at least 4 members (excludes halogenated alkanes) is 1. The molecule has 1 N–H and O–H groups in total. The van der Waals surface area contributed by atoms with Crippen molar-refractivity contribution >= 4 is 0 Å². The molecule has 0 saturated carbocycles. The van der Waals surface area contributed by atoms with Crippen LogP contribution in [0.15, 0.2) is 0 Å². The van der Waals surface area contributed by atoms with Crippen LogP contribution >= 0.6 is 0 Å². The van der Waals surface area contributed by atoms with Gasteiger partial charge in [0.25, 0.3) is 0 Å². The lowest BCUT2D eigenvalue weighted by Crippen LogP contribution is -2.31. The molecule has 2 nitrogen and oxygen atoms in total. The first-order valence-corrected chi connectivity index (χ1v) is 6.76. The van der Waals surface area contributed by atoms with Crippen molar-refractivity contribution in [3.63, 3.8) is 0 Å². The first-order valence-electron chi connectivity index (χ1n) is 6.76.